The van der Waals surface area contributed by atoms with Crippen LogP contribution in [0.5, 0.6) is 0 Å². The van der Waals surface area contributed by atoms with Crippen LogP contribution in [0.3, 0.4) is 0 Å². The molecule has 0 amide bonds. The number of aryl methyl sites for hydroxylation is 1. The van der Waals surface area contributed by atoms with E-state index in [1.807, 2.05) is 31.2 Å². The molecule has 0 radical (unpaired) electrons. The molecule has 1 atom stereocenters. The minimum Gasteiger partial charge on any atom is -0.394 e. The first-order valence-corrected chi connectivity index (χ1v) is 7.77. The molecule has 1 fully saturated rings. The minimum atomic E-state index is 0.142. The number of aliphatic hydroxyl groups is 1. The van der Waals surface area contributed by atoms with Crippen molar-refractivity contribution in [3.63, 3.8) is 0 Å². The molecule has 22 heavy (non-hydrogen) atoms. The Kier molecular flexibility index (Phi) is 4.53. The van der Waals surface area contributed by atoms with E-state index >= 15 is 0 Å². The van der Waals surface area contributed by atoms with E-state index in [1.165, 1.54) is 5.56 Å². The second kappa shape index (κ2) is 6.75. The largest absolute Gasteiger partial charge is 0.394 e. The van der Waals surface area contributed by atoms with E-state index < -0.39 is 0 Å². The van der Waals surface area contributed by atoms with Gasteiger partial charge in [-0.15, -0.1) is 0 Å². The molecule has 1 saturated heterocycles. The van der Waals surface area contributed by atoms with Crippen molar-refractivity contribution < 1.29 is 5.11 Å². The summed E-state index contributed by atoms with van der Waals surface area (Å²) in [5.74, 6) is 1.54. The third-order valence-corrected chi connectivity index (χ3v) is 4.00. The van der Waals surface area contributed by atoms with Crippen LogP contribution in [-0.4, -0.2) is 34.3 Å². The quantitative estimate of drug-likeness (QED) is 0.887. The lowest BCUT2D eigenvalue weighted by Gasteiger charge is -2.23. The maximum Gasteiger partial charge on any atom is 0.227 e. The number of anilines is 2. The van der Waals surface area contributed by atoms with E-state index in [9.17, 15) is 5.11 Å². The second-order valence-electron chi connectivity index (χ2n) is 5.71. The van der Waals surface area contributed by atoms with Crippen molar-refractivity contribution in [1.82, 2.24) is 9.97 Å². The molecular formula is C17H22N4O. The van der Waals surface area contributed by atoms with Crippen LogP contribution in [0.25, 0.3) is 0 Å². The SMILES string of the molecule is Cc1cc(NCc2ccccc2)nc(N2CCCC2CO)n1. The number of hydrogen-bond acceptors (Lipinski definition) is 5. The molecule has 0 spiro atoms. The molecule has 3 rings (SSSR count). The van der Waals surface area contributed by atoms with Crippen LogP contribution in [0, 0.1) is 6.92 Å². The molecule has 2 N–H and O–H groups in total. The molecule has 1 aliphatic rings. The van der Waals surface area contributed by atoms with Crippen molar-refractivity contribution in [2.75, 3.05) is 23.4 Å². The Hall–Kier alpha value is -2.14. The fourth-order valence-corrected chi connectivity index (χ4v) is 2.85. The van der Waals surface area contributed by atoms with E-state index in [0.29, 0.717) is 5.95 Å². The molecule has 0 saturated carbocycles. The lowest BCUT2D eigenvalue weighted by atomic mass is 10.2. The van der Waals surface area contributed by atoms with E-state index in [-0.39, 0.29) is 12.6 Å². The van der Waals surface area contributed by atoms with Gasteiger partial charge in [0.1, 0.15) is 5.82 Å². The monoisotopic (exact) mass is 298 g/mol. The highest BCUT2D eigenvalue weighted by atomic mass is 16.3. The molecule has 2 aromatic rings. The van der Waals surface area contributed by atoms with Gasteiger partial charge in [-0.2, -0.15) is 4.98 Å². The summed E-state index contributed by atoms with van der Waals surface area (Å²) in [7, 11) is 0. The maximum absolute atomic E-state index is 9.48. The Labute approximate surface area is 131 Å². The van der Waals surface area contributed by atoms with Crippen molar-refractivity contribution in [3.8, 4) is 0 Å². The zero-order valence-electron chi connectivity index (χ0n) is 12.9. The van der Waals surface area contributed by atoms with Gasteiger partial charge < -0.3 is 15.3 Å². The highest BCUT2D eigenvalue weighted by Crippen LogP contribution is 2.23. The van der Waals surface area contributed by atoms with Crippen LogP contribution in [0.4, 0.5) is 11.8 Å². The molecule has 5 heteroatoms. The Bertz CT molecular complexity index is 617. The molecule has 1 aromatic carbocycles. The Morgan fingerprint density at radius 2 is 2.09 bits per heavy atom. The van der Waals surface area contributed by atoms with Crippen LogP contribution < -0.4 is 10.2 Å². The van der Waals surface area contributed by atoms with Gasteiger partial charge in [0.15, 0.2) is 0 Å². The van der Waals surface area contributed by atoms with Gasteiger partial charge >= 0.3 is 0 Å². The van der Waals surface area contributed by atoms with Crippen molar-refractivity contribution in [2.45, 2.75) is 32.4 Å². The molecule has 1 aliphatic heterocycles. The first kappa shape index (κ1) is 14.8. The van der Waals surface area contributed by atoms with Crippen molar-refractivity contribution >= 4 is 11.8 Å². The Balaban J connectivity index is 1.75. The third kappa shape index (κ3) is 3.36. The maximum atomic E-state index is 9.48. The lowest BCUT2D eigenvalue weighted by Crippen LogP contribution is -2.33. The number of hydrogen-bond donors (Lipinski definition) is 2. The third-order valence-electron chi connectivity index (χ3n) is 4.00. The molecule has 1 unspecified atom stereocenters. The molecule has 1 aromatic heterocycles. The van der Waals surface area contributed by atoms with E-state index in [0.717, 1.165) is 37.4 Å². The van der Waals surface area contributed by atoms with Gasteiger partial charge in [0, 0.05) is 24.8 Å². The molecule has 116 valence electrons. The Morgan fingerprint density at radius 1 is 1.27 bits per heavy atom. The fourth-order valence-electron chi connectivity index (χ4n) is 2.85. The smallest absolute Gasteiger partial charge is 0.227 e. The topological polar surface area (TPSA) is 61.3 Å². The number of aliphatic hydroxyl groups excluding tert-OH is 1. The second-order valence-corrected chi connectivity index (χ2v) is 5.71. The van der Waals surface area contributed by atoms with Gasteiger partial charge in [-0.25, -0.2) is 4.98 Å². The van der Waals surface area contributed by atoms with Gasteiger partial charge in [-0.3, -0.25) is 0 Å². The minimum absolute atomic E-state index is 0.142. The zero-order valence-corrected chi connectivity index (χ0v) is 12.9. The first-order valence-electron chi connectivity index (χ1n) is 7.77. The summed E-state index contributed by atoms with van der Waals surface area (Å²) in [5, 5.41) is 12.8. The predicted octanol–water partition coefficient (Wildman–Crippen LogP) is 2.36. The lowest BCUT2D eigenvalue weighted by molar-refractivity contribution is 0.265. The summed E-state index contributed by atoms with van der Waals surface area (Å²) >= 11 is 0. The normalized spacial score (nSPS) is 17.7. The summed E-state index contributed by atoms with van der Waals surface area (Å²) in [6.07, 6.45) is 2.08. The molecule has 2 heterocycles. The highest BCUT2D eigenvalue weighted by molar-refractivity contribution is 5.45. The first-order chi connectivity index (χ1) is 10.8. The van der Waals surface area contributed by atoms with Crippen LogP contribution in [0.15, 0.2) is 36.4 Å². The van der Waals surface area contributed by atoms with E-state index in [4.69, 9.17) is 0 Å². The zero-order chi connectivity index (χ0) is 15.4. The van der Waals surface area contributed by atoms with Crippen LogP contribution >= 0.6 is 0 Å². The van der Waals surface area contributed by atoms with Gasteiger partial charge in [0.2, 0.25) is 5.95 Å². The van der Waals surface area contributed by atoms with Gasteiger partial charge in [0.05, 0.1) is 12.6 Å². The van der Waals surface area contributed by atoms with Crippen LogP contribution in [-0.2, 0) is 6.54 Å². The van der Waals surface area contributed by atoms with Crippen LogP contribution in [0.1, 0.15) is 24.1 Å². The number of nitrogens with one attached hydrogen (secondary N) is 1. The van der Waals surface area contributed by atoms with Crippen molar-refractivity contribution in [1.29, 1.82) is 0 Å². The van der Waals surface area contributed by atoms with E-state index in [2.05, 4.69) is 32.3 Å². The fraction of sp³-hybridized carbons (Fsp3) is 0.412. The number of nitrogens with zero attached hydrogens (tertiary/aromatic N) is 3. The average molecular weight is 298 g/mol. The van der Waals surface area contributed by atoms with Gasteiger partial charge in [0.25, 0.3) is 0 Å². The molecule has 5 nitrogen and oxygen atoms in total. The van der Waals surface area contributed by atoms with Gasteiger partial charge in [-0.1, -0.05) is 30.3 Å². The predicted molar refractivity (Wildman–Crippen MR) is 88.0 cm³/mol. The summed E-state index contributed by atoms with van der Waals surface area (Å²) < 4.78 is 0. The number of aromatic nitrogens is 2. The Morgan fingerprint density at radius 3 is 2.86 bits per heavy atom. The number of benzene rings is 1. The van der Waals surface area contributed by atoms with E-state index in [1.54, 1.807) is 0 Å². The van der Waals surface area contributed by atoms with Gasteiger partial charge in [-0.05, 0) is 25.3 Å². The summed E-state index contributed by atoms with van der Waals surface area (Å²) in [4.78, 5) is 11.3. The molecule has 0 bridgehead atoms. The molecule has 0 aliphatic carbocycles. The standard InChI is InChI=1S/C17H22N4O/c1-13-10-16(18-11-14-6-3-2-4-7-14)20-17(19-13)21-9-5-8-15(21)12-22/h2-4,6-7,10,15,22H,5,8-9,11-12H2,1H3,(H,18,19,20). The van der Waals surface area contributed by atoms with Crippen molar-refractivity contribution in [2.24, 2.45) is 0 Å². The summed E-state index contributed by atoms with van der Waals surface area (Å²) in [6, 6.07) is 12.3. The number of rotatable bonds is 5. The summed E-state index contributed by atoms with van der Waals surface area (Å²) in [6.45, 7) is 3.78. The van der Waals surface area contributed by atoms with Crippen LogP contribution in [0.2, 0.25) is 0 Å². The summed E-state index contributed by atoms with van der Waals surface area (Å²) in [5.41, 5.74) is 2.15. The molecular weight excluding hydrogens is 276 g/mol. The highest BCUT2D eigenvalue weighted by Gasteiger charge is 2.26. The van der Waals surface area contributed by atoms with Crippen molar-refractivity contribution in [3.05, 3.63) is 47.7 Å². The average Bonchev–Trinajstić information content (AvgIpc) is 3.02.